The maximum atomic E-state index is 12.4. The van der Waals surface area contributed by atoms with Gasteiger partial charge >= 0.3 is 5.97 Å². The van der Waals surface area contributed by atoms with Crippen LogP contribution in [0.3, 0.4) is 0 Å². The number of carbonyl (C=O) groups is 2. The van der Waals surface area contributed by atoms with Gasteiger partial charge in [-0.3, -0.25) is 9.59 Å². The molecule has 0 aromatic heterocycles. The van der Waals surface area contributed by atoms with Crippen LogP contribution in [-0.2, 0) is 14.3 Å². The highest BCUT2D eigenvalue weighted by molar-refractivity contribution is 6.07. The van der Waals surface area contributed by atoms with Crippen LogP contribution in [0, 0.1) is 11.3 Å². The summed E-state index contributed by atoms with van der Waals surface area (Å²) >= 11 is 0. The van der Waals surface area contributed by atoms with Crippen molar-refractivity contribution in [1.29, 1.82) is 0 Å². The summed E-state index contributed by atoms with van der Waals surface area (Å²) in [5, 5.41) is 0. The van der Waals surface area contributed by atoms with Gasteiger partial charge in [-0.25, -0.2) is 0 Å². The molecule has 2 aliphatic carbocycles. The second-order valence-corrected chi connectivity index (χ2v) is 4.89. The number of Topliss-reactive ketones (excluding diaryl/α,β-unsaturated/α-hetero) is 1. The molecule has 0 N–H and O–H groups in total. The third-order valence-corrected chi connectivity index (χ3v) is 4.03. The Morgan fingerprint density at radius 1 is 1.50 bits per heavy atom. The third-order valence-electron chi connectivity index (χ3n) is 4.03. The van der Waals surface area contributed by atoms with Crippen molar-refractivity contribution in [2.75, 3.05) is 7.11 Å². The van der Waals surface area contributed by atoms with E-state index in [1.165, 1.54) is 7.11 Å². The summed E-state index contributed by atoms with van der Waals surface area (Å²) in [7, 11) is 1.37. The van der Waals surface area contributed by atoms with Gasteiger partial charge in [0.1, 0.15) is 5.41 Å². The zero-order valence-corrected chi connectivity index (χ0v) is 9.91. The zero-order chi connectivity index (χ0) is 11.8. The highest BCUT2D eigenvalue weighted by Gasteiger charge is 2.51. The van der Waals surface area contributed by atoms with Gasteiger partial charge in [0.25, 0.3) is 0 Å². The van der Waals surface area contributed by atoms with Crippen LogP contribution in [-0.4, -0.2) is 18.9 Å². The Kier molecular flexibility index (Phi) is 2.87. The molecule has 0 aromatic carbocycles. The van der Waals surface area contributed by atoms with E-state index in [1.54, 1.807) is 0 Å². The molecule has 2 aliphatic rings. The second kappa shape index (κ2) is 4.04. The summed E-state index contributed by atoms with van der Waals surface area (Å²) in [6.45, 7) is 2.00. The fourth-order valence-corrected chi connectivity index (χ4v) is 2.96. The molecule has 2 atom stereocenters. The van der Waals surface area contributed by atoms with E-state index in [2.05, 4.69) is 0 Å². The van der Waals surface area contributed by atoms with Crippen LogP contribution in [0.2, 0.25) is 0 Å². The second-order valence-electron chi connectivity index (χ2n) is 4.89. The summed E-state index contributed by atoms with van der Waals surface area (Å²) in [4.78, 5) is 24.3. The van der Waals surface area contributed by atoms with Gasteiger partial charge in [-0.05, 0) is 26.2 Å². The Morgan fingerprint density at radius 3 is 2.94 bits per heavy atom. The molecule has 88 valence electrons. The number of esters is 1. The fourth-order valence-electron chi connectivity index (χ4n) is 2.96. The minimum Gasteiger partial charge on any atom is -0.468 e. The van der Waals surface area contributed by atoms with Gasteiger partial charge in [-0.15, -0.1) is 0 Å². The van der Waals surface area contributed by atoms with Crippen LogP contribution in [0.1, 0.15) is 39.0 Å². The molecule has 3 heteroatoms. The average Bonchev–Trinajstić information content (AvgIpc) is 2.39. The SMILES string of the molecule is COC(=O)C12CC=C(C)C(CCCC1)C2=O. The Hall–Kier alpha value is -1.12. The number of rotatable bonds is 1. The Balaban J connectivity index is 2.43. The van der Waals surface area contributed by atoms with Crippen LogP contribution < -0.4 is 0 Å². The first-order valence-electron chi connectivity index (χ1n) is 5.91. The van der Waals surface area contributed by atoms with Gasteiger partial charge in [-0.1, -0.05) is 24.5 Å². The van der Waals surface area contributed by atoms with Crippen molar-refractivity contribution in [1.82, 2.24) is 0 Å². The van der Waals surface area contributed by atoms with Crippen molar-refractivity contribution in [3.8, 4) is 0 Å². The summed E-state index contributed by atoms with van der Waals surface area (Å²) in [6.07, 6.45) is 6.09. The molecule has 0 spiro atoms. The highest BCUT2D eigenvalue weighted by atomic mass is 16.5. The predicted molar refractivity (Wildman–Crippen MR) is 59.8 cm³/mol. The first kappa shape index (κ1) is 11.4. The lowest BCUT2D eigenvalue weighted by molar-refractivity contribution is -0.159. The molecule has 2 rings (SSSR count). The van der Waals surface area contributed by atoms with Crippen molar-refractivity contribution < 1.29 is 14.3 Å². The molecule has 0 amide bonds. The van der Waals surface area contributed by atoms with E-state index in [4.69, 9.17) is 4.74 Å². The van der Waals surface area contributed by atoms with Crippen LogP contribution in [0.15, 0.2) is 11.6 Å². The third kappa shape index (κ3) is 1.49. The smallest absolute Gasteiger partial charge is 0.319 e. The van der Waals surface area contributed by atoms with Crippen molar-refractivity contribution >= 4 is 11.8 Å². The van der Waals surface area contributed by atoms with Crippen molar-refractivity contribution in [2.24, 2.45) is 11.3 Å². The number of ether oxygens (including phenoxy) is 1. The molecule has 2 bridgehead atoms. The Morgan fingerprint density at radius 2 is 2.25 bits per heavy atom. The molecule has 0 saturated heterocycles. The van der Waals surface area contributed by atoms with E-state index in [1.807, 2.05) is 13.0 Å². The van der Waals surface area contributed by atoms with Crippen LogP contribution in [0.4, 0.5) is 0 Å². The zero-order valence-electron chi connectivity index (χ0n) is 9.91. The number of allylic oxidation sites excluding steroid dienone is 2. The van der Waals surface area contributed by atoms with Crippen molar-refractivity contribution in [3.05, 3.63) is 11.6 Å². The van der Waals surface area contributed by atoms with E-state index in [0.717, 1.165) is 24.8 Å². The highest BCUT2D eigenvalue weighted by Crippen LogP contribution is 2.44. The molecule has 16 heavy (non-hydrogen) atoms. The number of methoxy groups -OCH3 is 1. The van der Waals surface area contributed by atoms with E-state index >= 15 is 0 Å². The lowest BCUT2D eigenvalue weighted by Gasteiger charge is -2.33. The van der Waals surface area contributed by atoms with E-state index in [-0.39, 0.29) is 17.7 Å². The predicted octanol–water partition coefficient (Wildman–Crippen LogP) is 2.26. The maximum Gasteiger partial charge on any atom is 0.319 e. The standard InChI is InChI=1S/C13H18O3/c1-9-6-8-13(12(15)16-2)7-4-3-5-10(9)11(13)14/h6,10H,3-5,7-8H2,1-2H3. The molecular weight excluding hydrogens is 204 g/mol. The molecule has 0 radical (unpaired) electrons. The molecule has 0 heterocycles. The topological polar surface area (TPSA) is 43.4 Å². The van der Waals surface area contributed by atoms with Crippen LogP contribution in [0.25, 0.3) is 0 Å². The quantitative estimate of drug-likeness (QED) is 0.388. The van der Waals surface area contributed by atoms with Crippen molar-refractivity contribution in [2.45, 2.75) is 39.0 Å². The fraction of sp³-hybridized carbons (Fsp3) is 0.692. The molecule has 2 unspecified atom stereocenters. The lowest BCUT2D eigenvalue weighted by atomic mass is 9.68. The minimum atomic E-state index is -0.866. The number of ketones is 1. The van der Waals surface area contributed by atoms with Gasteiger partial charge in [0.15, 0.2) is 5.78 Å². The average molecular weight is 222 g/mol. The van der Waals surface area contributed by atoms with Gasteiger partial charge in [0.05, 0.1) is 7.11 Å². The summed E-state index contributed by atoms with van der Waals surface area (Å²) in [5.74, 6) is -0.291. The summed E-state index contributed by atoms with van der Waals surface area (Å²) in [6, 6.07) is 0. The Labute approximate surface area is 95.9 Å². The summed E-state index contributed by atoms with van der Waals surface area (Å²) in [5.41, 5.74) is 0.265. The number of fused-ring (bicyclic) bond motifs is 2. The number of carbonyl (C=O) groups excluding carboxylic acids is 2. The molecule has 0 aliphatic heterocycles. The van der Waals surface area contributed by atoms with Crippen LogP contribution in [0.5, 0.6) is 0 Å². The van der Waals surface area contributed by atoms with Gasteiger partial charge in [0.2, 0.25) is 0 Å². The van der Waals surface area contributed by atoms with E-state index in [9.17, 15) is 9.59 Å². The molecule has 1 fully saturated rings. The molecular formula is C13H18O3. The van der Waals surface area contributed by atoms with Gasteiger partial charge < -0.3 is 4.74 Å². The van der Waals surface area contributed by atoms with E-state index < -0.39 is 5.41 Å². The number of hydrogen-bond acceptors (Lipinski definition) is 3. The lowest BCUT2D eigenvalue weighted by Crippen LogP contribution is -2.44. The largest absolute Gasteiger partial charge is 0.468 e. The molecule has 0 aromatic rings. The monoisotopic (exact) mass is 222 g/mol. The molecule has 1 saturated carbocycles. The molecule has 3 nitrogen and oxygen atoms in total. The normalized spacial score (nSPS) is 34.0. The van der Waals surface area contributed by atoms with Gasteiger partial charge in [0, 0.05) is 5.92 Å². The van der Waals surface area contributed by atoms with E-state index in [0.29, 0.717) is 12.8 Å². The first-order valence-corrected chi connectivity index (χ1v) is 5.91. The van der Waals surface area contributed by atoms with Crippen LogP contribution >= 0.6 is 0 Å². The van der Waals surface area contributed by atoms with Gasteiger partial charge in [-0.2, -0.15) is 0 Å². The Bertz CT molecular complexity index is 356. The maximum absolute atomic E-state index is 12.4. The number of hydrogen-bond donors (Lipinski definition) is 0. The minimum absolute atomic E-state index is 0.0460. The van der Waals surface area contributed by atoms with Crippen molar-refractivity contribution in [3.63, 3.8) is 0 Å². The summed E-state index contributed by atoms with van der Waals surface area (Å²) < 4.78 is 4.84. The first-order chi connectivity index (χ1) is 7.62.